The molecule has 108 valence electrons. The summed E-state index contributed by atoms with van der Waals surface area (Å²) in [6.07, 6.45) is 11.7. The fourth-order valence-electron chi connectivity index (χ4n) is 2.24. The first-order valence-electron chi connectivity index (χ1n) is 7.44. The smallest absolute Gasteiger partial charge is 0.186 e. The molecule has 0 aromatic heterocycles. The summed E-state index contributed by atoms with van der Waals surface area (Å²) in [5.74, 6) is 0. The van der Waals surface area contributed by atoms with Crippen molar-refractivity contribution >= 4 is 11.1 Å². The van der Waals surface area contributed by atoms with E-state index in [-0.39, 0.29) is 0 Å². The molecule has 0 saturated carbocycles. The van der Waals surface area contributed by atoms with Gasteiger partial charge in [-0.05, 0) is 30.5 Å². The summed E-state index contributed by atoms with van der Waals surface area (Å²) in [7, 11) is 0. The van der Waals surface area contributed by atoms with Crippen molar-refractivity contribution < 1.29 is 8.76 Å². The zero-order valence-corrected chi connectivity index (χ0v) is 12.8. The summed E-state index contributed by atoms with van der Waals surface area (Å²) < 4.78 is 19.8. The first-order valence-corrected chi connectivity index (χ1v) is 8.54. The highest BCUT2D eigenvalue weighted by molar-refractivity contribution is 7.79. The fraction of sp³-hybridized carbons (Fsp3) is 0.625. The lowest BCUT2D eigenvalue weighted by Gasteiger charge is -2.03. The molecule has 2 nitrogen and oxygen atoms in total. The molecule has 1 rings (SSSR count). The highest BCUT2D eigenvalue weighted by Crippen LogP contribution is 2.13. The summed E-state index contributed by atoms with van der Waals surface area (Å²) >= 11 is -1.85. The molecule has 0 aliphatic rings. The number of hydrogen-bond donors (Lipinski definition) is 1. The first kappa shape index (κ1) is 16.4. The van der Waals surface area contributed by atoms with Crippen molar-refractivity contribution in [2.75, 3.05) is 0 Å². The molecule has 1 unspecified atom stereocenters. The maximum absolute atomic E-state index is 10.8. The van der Waals surface area contributed by atoms with Crippen molar-refractivity contribution in [2.45, 2.75) is 69.6 Å². The molecule has 0 amide bonds. The molecule has 0 aliphatic carbocycles. The Morgan fingerprint density at radius 1 is 0.895 bits per heavy atom. The quantitative estimate of drug-likeness (QED) is 0.487. The second-order valence-corrected chi connectivity index (χ2v) is 6.09. The van der Waals surface area contributed by atoms with E-state index in [0.717, 1.165) is 6.42 Å². The van der Waals surface area contributed by atoms with E-state index in [1.54, 1.807) is 12.1 Å². The number of aryl methyl sites for hydroxylation is 1. The van der Waals surface area contributed by atoms with E-state index in [1.807, 2.05) is 12.1 Å². The summed E-state index contributed by atoms with van der Waals surface area (Å²) in [5, 5.41) is 0. The van der Waals surface area contributed by atoms with Gasteiger partial charge in [0, 0.05) is 0 Å². The van der Waals surface area contributed by atoms with Crippen molar-refractivity contribution in [3.8, 4) is 0 Å². The zero-order valence-electron chi connectivity index (χ0n) is 11.9. The van der Waals surface area contributed by atoms with Crippen LogP contribution < -0.4 is 0 Å². The van der Waals surface area contributed by atoms with Crippen LogP contribution in [0.25, 0.3) is 0 Å². The Hall–Kier alpha value is -0.670. The van der Waals surface area contributed by atoms with Gasteiger partial charge in [0.25, 0.3) is 0 Å². The van der Waals surface area contributed by atoms with Gasteiger partial charge in [0.1, 0.15) is 0 Å². The number of benzene rings is 1. The van der Waals surface area contributed by atoms with Crippen LogP contribution in [0.5, 0.6) is 0 Å². The monoisotopic (exact) mass is 282 g/mol. The number of hydrogen-bond acceptors (Lipinski definition) is 1. The second kappa shape index (κ2) is 10.2. The van der Waals surface area contributed by atoms with Crippen molar-refractivity contribution in [1.82, 2.24) is 0 Å². The van der Waals surface area contributed by atoms with Crippen LogP contribution in [-0.2, 0) is 17.5 Å². The van der Waals surface area contributed by atoms with Crippen LogP contribution in [-0.4, -0.2) is 8.76 Å². The van der Waals surface area contributed by atoms with Crippen molar-refractivity contribution in [1.29, 1.82) is 0 Å². The summed E-state index contributed by atoms with van der Waals surface area (Å²) in [5.41, 5.74) is 1.26. The van der Waals surface area contributed by atoms with Crippen molar-refractivity contribution in [2.24, 2.45) is 0 Å². The summed E-state index contributed by atoms with van der Waals surface area (Å²) in [6, 6.07) is 7.42. The van der Waals surface area contributed by atoms with E-state index in [1.165, 1.54) is 56.9 Å². The van der Waals surface area contributed by atoms with E-state index >= 15 is 0 Å². The zero-order chi connectivity index (χ0) is 13.9. The molecule has 0 bridgehead atoms. The van der Waals surface area contributed by atoms with E-state index in [0.29, 0.717) is 4.90 Å². The molecule has 0 radical (unpaired) electrons. The van der Waals surface area contributed by atoms with Gasteiger partial charge in [-0.25, -0.2) is 4.21 Å². The molecule has 1 N–H and O–H groups in total. The Bertz CT molecular complexity index is 360. The minimum absolute atomic E-state index is 0.486. The molecule has 1 aromatic rings. The van der Waals surface area contributed by atoms with Gasteiger partial charge in [0.2, 0.25) is 0 Å². The van der Waals surface area contributed by atoms with Crippen LogP contribution in [0.4, 0.5) is 0 Å². The van der Waals surface area contributed by atoms with E-state index in [9.17, 15) is 4.21 Å². The van der Waals surface area contributed by atoms with Crippen LogP contribution >= 0.6 is 0 Å². The minimum Gasteiger partial charge on any atom is -0.302 e. The lowest BCUT2D eigenvalue weighted by Crippen LogP contribution is -1.90. The van der Waals surface area contributed by atoms with Gasteiger partial charge in [-0.15, -0.1) is 0 Å². The summed E-state index contributed by atoms with van der Waals surface area (Å²) in [4.78, 5) is 0.486. The molecule has 0 aliphatic heterocycles. The molecule has 0 spiro atoms. The molecule has 1 atom stereocenters. The summed E-state index contributed by atoms with van der Waals surface area (Å²) in [6.45, 7) is 2.25. The molecule has 0 saturated heterocycles. The van der Waals surface area contributed by atoms with Crippen LogP contribution in [0.15, 0.2) is 29.2 Å². The third-order valence-corrected chi connectivity index (χ3v) is 4.12. The number of rotatable bonds is 10. The first-order chi connectivity index (χ1) is 9.24. The van der Waals surface area contributed by atoms with E-state index < -0.39 is 11.1 Å². The normalized spacial score (nSPS) is 12.5. The molecule has 19 heavy (non-hydrogen) atoms. The van der Waals surface area contributed by atoms with Crippen molar-refractivity contribution in [3.05, 3.63) is 29.8 Å². The van der Waals surface area contributed by atoms with Gasteiger partial charge in [-0.3, -0.25) is 0 Å². The Balaban J connectivity index is 2.07. The SMILES string of the molecule is CCCCCCCCCCc1ccc(S(=O)O)cc1. The highest BCUT2D eigenvalue weighted by atomic mass is 32.2. The molecule has 1 aromatic carbocycles. The van der Waals surface area contributed by atoms with E-state index in [2.05, 4.69) is 6.92 Å². The fourth-order valence-corrected chi connectivity index (χ4v) is 2.60. The van der Waals surface area contributed by atoms with Crippen LogP contribution in [0.3, 0.4) is 0 Å². The van der Waals surface area contributed by atoms with E-state index in [4.69, 9.17) is 4.55 Å². The van der Waals surface area contributed by atoms with Gasteiger partial charge >= 0.3 is 0 Å². The van der Waals surface area contributed by atoms with Crippen molar-refractivity contribution in [3.63, 3.8) is 0 Å². The van der Waals surface area contributed by atoms with Crippen LogP contribution in [0.2, 0.25) is 0 Å². The maximum Gasteiger partial charge on any atom is 0.186 e. The Labute approximate surface area is 119 Å². The minimum atomic E-state index is -1.85. The standard InChI is InChI=1S/C16H26O2S/c1-2-3-4-5-6-7-8-9-10-15-11-13-16(14-12-15)19(17)18/h11-14H,2-10H2,1H3,(H,17,18). The van der Waals surface area contributed by atoms with Crippen LogP contribution in [0.1, 0.15) is 63.9 Å². The third-order valence-electron chi connectivity index (χ3n) is 3.44. The molecule has 0 fully saturated rings. The lowest BCUT2D eigenvalue weighted by atomic mass is 10.0. The molecule has 0 heterocycles. The Morgan fingerprint density at radius 2 is 1.42 bits per heavy atom. The second-order valence-electron chi connectivity index (χ2n) is 5.12. The Morgan fingerprint density at radius 3 is 1.95 bits per heavy atom. The molecule has 3 heteroatoms. The largest absolute Gasteiger partial charge is 0.302 e. The highest BCUT2D eigenvalue weighted by Gasteiger charge is 1.99. The van der Waals surface area contributed by atoms with Gasteiger partial charge in [-0.1, -0.05) is 64.0 Å². The van der Waals surface area contributed by atoms with Gasteiger partial charge in [-0.2, -0.15) is 0 Å². The topological polar surface area (TPSA) is 37.3 Å². The van der Waals surface area contributed by atoms with Gasteiger partial charge in [0.05, 0.1) is 4.90 Å². The Kier molecular flexibility index (Phi) is 8.76. The predicted octanol–water partition coefficient (Wildman–Crippen LogP) is 4.95. The average Bonchev–Trinajstić information content (AvgIpc) is 2.42. The molecular weight excluding hydrogens is 256 g/mol. The maximum atomic E-state index is 10.8. The van der Waals surface area contributed by atoms with Gasteiger partial charge < -0.3 is 4.55 Å². The van der Waals surface area contributed by atoms with Crippen LogP contribution in [0, 0.1) is 0 Å². The lowest BCUT2D eigenvalue weighted by molar-refractivity contribution is 0.564. The van der Waals surface area contributed by atoms with Gasteiger partial charge in [0.15, 0.2) is 11.1 Å². The third kappa shape index (κ3) is 7.48. The molecular formula is C16H26O2S. The average molecular weight is 282 g/mol. The number of unbranched alkanes of at least 4 members (excludes halogenated alkanes) is 7. The predicted molar refractivity (Wildman–Crippen MR) is 81.8 cm³/mol.